The van der Waals surface area contributed by atoms with E-state index in [1.807, 2.05) is 60.3 Å². The SMILES string of the molecule is CCCCCCn1cc(COc2cc(COc3cccc([C@H](CC)CC(=O)O)c3)ccc2-c2cc(OC)ccc2F)nn1. The van der Waals surface area contributed by atoms with Gasteiger partial charge in [0, 0.05) is 17.7 Å². The summed E-state index contributed by atoms with van der Waals surface area (Å²) in [6, 6.07) is 17.7. The van der Waals surface area contributed by atoms with Gasteiger partial charge < -0.3 is 19.3 Å². The third-order valence-electron chi connectivity index (χ3n) is 7.36. The molecule has 1 aromatic heterocycles. The first-order valence-electron chi connectivity index (χ1n) is 14.8. The van der Waals surface area contributed by atoms with Crippen LogP contribution in [0.25, 0.3) is 11.1 Å². The van der Waals surface area contributed by atoms with Crippen LogP contribution in [0.1, 0.15) is 75.1 Å². The zero-order valence-corrected chi connectivity index (χ0v) is 25.1. The zero-order valence-electron chi connectivity index (χ0n) is 25.1. The maximum Gasteiger partial charge on any atom is 0.303 e. The molecule has 0 aliphatic heterocycles. The molecule has 0 amide bonds. The number of aromatic nitrogens is 3. The minimum absolute atomic E-state index is 0.0650. The Morgan fingerprint density at radius 2 is 1.81 bits per heavy atom. The predicted octanol–water partition coefficient (Wildman–Crippen LogP) is 7.80. The third kappa shape index (κ3) is 9.04. The van der Waals surface area contributed by atoms with E-state index in [1.165, 1.54) is 18.9 Å². The number of aryl methyl sites for hydroxylation is 1. The van der Waals surface area contributed by atoms with E-state index in [2.05, 4.69) is 17.2 Å². The quantitative estimate of drug-likeness (QED) is 0.126. The van der Waals surface area contributed by atoms with E-state index in [9.17, 15) is 14.3 Å². The second-order valence-corrected chi connectivity index (χ2v) is 10.6. The molecule has 43 heavy (non-hydrogen) atoms. The number of rotatable bonds is 17. The number of carbonyl (C=O) groups is 1. The highest BCUT2D eigenvalue weighted by Gasteiger charge is 2.16. The van der Waals surface area contributed by atoms with Crippen molar-refractivity contribution in [1.29, 1.82) is 0 Å². The third-order valence-corrected chi connectivity index (χ3v) is 7.36. The van der Waals surface area contributed by atoms with E-state index in [1.54, 1.807) is 19.2 Å². The Morgan fingerprint density at radius 1 is 0.953 bits per heavy atom. The number of nitrogens with zero attached hydrogens (tertiary/aromatic N) is 3. The van der Waals surface area contributed by atoms with E-state index in [-0.39, 0.29) is 25.6 Å². The molecule has 0 aliphatic rings. The van der Waals surface area contributed by atoms with E-state index in [0.717, 1.165) is 30.5 Å². The molecule has 3 aromatic carbocycles. The van der Waals surface area contributed by atoms with Crippen LogP contribution in [0, 0.1) is 5.82 Å². The molecule has 0 radical (unpaired) electrons. The van der Waals surface area contributed by atoms with Crippen LogP contribution in [0.3, 0.4) is 0 Å². The molecular weight excluding hydrogens is 549 g/mol. The van der Waals surface area contributed by atoms with Crippen LogP contribution >= 0.6 is 0 Å². The molecule has 4 rings (SSSR count). The minimum Gasteiger partial charge on any atom is -0.497 e. The van der Waals surface area contributed by atoms with Crippen molar-refractivity contribution >= 4 is 5.97 Å². The summed E-state index contributed by atoms with van der Waals surface area (Å²) in [5, 5.41) is 17.7. The van der Waals surface area contributed by atoms with Gasteiger partial charge in [0.15, 0.2) is 0 Å². The Morgan fingerprint density at radius 3 is 2.58 bits per heavy atom. The Kier molecular flexibility index (Phi) is 11.5. The number of carboxylic acid groups (broad SMARTS) is 1. The van der Waals surface area contributed by atoms with Crippen LogP contribution in [0.4, 0.5) is 4.39 Å². The van der Waals surface area contributed by atoms with Crippen molar-refractivity contribution in [1.82, 2.24) is 15.0 Å². The molecule has 0 aliphatic carbocycles. The highest BCUT2D eigenvalue weighted by Crippen LogP contribution is 2.36. The van der Waals surface area contributed by atoms with Gasteiger partial charge in [-0.2, -0.15) is 0 Å². The highest BCUT2D eigenvalue weighted by atomic mass is 19.1. The molecule has 8 nitrogen and oxygen atoms in total. The van der Waals surface area contributed by atoms with Gasteiger partial charge in [-0.3, -0.25) is 9.48 Å². The summed E-state index contributed by atoms with van der Waals surface area (Å²) in [5.41, 5.74) is 3.36. The van der Waals surface area contributed by atoms with Crippen molar-refractivity contribution in [2.24, 2.45) is 0 Å². The van der Waals surface area contributed by atoms with Crippen LogP contribution < -0.4 is 14.2 Å². The second-order valence-electron chi connectivity index (χ2n) is 10.6. The first-order valence-corrected chi connectivity index (χ1v) is 14.8. The van der Waals surface area contributed by atoms with Crippen LogP contribution in [-0.4, -0.2) is 33.2 Å². The topological polar surface area (TPSA) is 95.7 Å². The number of halogens is 1. The van der Waals surface area contributed by atoms with Gasteiger partial charge in [-0.15, -0.1) is 5.10 Å². The molecule has 1 atom stereocenters. The lowest BCUT2D eigenvalue weighted by Gasteiger charge is -2.16. The summed E-state index contributed by atoms with van der Waals surface area (Å²) in [6.45, 7) is 5.37. The molecule has 0 spiro atoms. The second kappa shape index (κ2) is 15.7. The zero-order chi connectivity index (χ0) is 30.6. The predicted molar refractivity (Wildman–Crippen MR) is 163 cm³/mol. The largest absolute Gasteiger partial charge is 0.497 e. The van der Waals surface area contributed by atoms with Crippen LogP contribution in [0.15, 0.2) is 66.9 Å². The normalized spacial score (nSPS) is 11.7. The van der Waals surface area contributed by atoms with Gasteiger partial charge >= 0.3 is 5.97 Å². The molecular formula is C34H40FN3O5. The van der Waals surface area contributed by atoms with Gasteiger partial charge in [0.1, 0.15) is 42.0 Å². The molecule has 0 unspecified atom stereocenters. The number of unbranched alkanes of at least 4 members (excludes halogenated alkanes) is 3. The Balaban J connectivity index is 1.53. The monoisotopic (exact) mass is 589 g/mol. The van der Waals surface area contributed by atoms with E-state index in [0.29, 0.717) is 40.5 Å². The Labute approximate surface area is 252 Å². The fourth-order valence-electron chi connectivity index (χ4n) is 4.94. The van der Waals surface area contributed by atoms with Crippen molar-refractivity contribution < 1.29 is 28.5 Å². The van der Waals surface area contributed by atoms with E-state index >= 15 is 0 Å². The lowest BCUT2D eigenvalue weighted by Crippen LogP contribution is -2.06. The first-order chi connectivity index (χ1) is 20.9. The van der Waals surface area contributed by atoms with Crippen molar-refractivity contribution in [3.8, 4) is 28.4 Å². The lowest BCUT2D eigenvalue weighted by molar-refractivity contribution is -0.137. The minimum atomic E-state index is -0.826. The molecule has 4 aromatic rings. The average Bonchev–Trinajstić information content (AvgIpc) is 3.48. The molecule has 0 saturated carbocycles. The van der Waals surface area contributed by atoms with Gasteiger partial charge in [-0.25, -0.2) is 4.39 Å². The van der Waals surface area contributed by atoms with Crippen molar-refractivity contribution in [2.75, 3.05) is 7.11 Å². The Hall–Kier alpha value is -4.40. The highest BCUT2D eigenvalue weighted by molar-refractivity contribution is 5.72. The van der Waals surface area contributed by atoms with Gasteiger partial charge in [0.2, 0.25) is 0 Å². The maximum atomic E-state index is 15.0. The van der Waals surface area contributed by atoms with Crippen LogP contribution in [-0.2, 0) is 24.6 Å². The van der Waals surface area contributed by atoms with Gasteiger partial charge in [-0.1, -0.05) is 62.6 Å². The van der Waals surface area contributed by atoms with Crippen molar-refractivity contribution in [3.63, 3.8) is 0 Å². The number of benzene rings is 3. The van der Waals surface area contributed by atoms with Gasteiger partial charge in [0.25, 0.3) is 0 Å². The number of methoxy groups -OCH3 is 1. The average molecular weight is 590 g/mol. The molecule has 1 heterocycles. The van der Waals surface area contributed by atoms with Crippen molar-refractivity contribution in [2.45, 2.75) is 78.0 Å². The number of aliphatic carboxylic acids is 1. The Bertz CT molecular complexity index is 1490. The van der Waals surface area contributed by atoms with Crippen LogP contribution in [0.2, 0.25) is 0 Å². The summed E-state index contributed by atoms with van der Waals surface area (Å²) in [4.78, 5) is 11.3. The molecule has 228 valence electrons. The molecule has 0 bridgehead atoms. The van der Waals surface area contributed by atoms with Crippen molar-refractivity contribution in [3.05, 3.63) is 89.5 Å². The number of ether oxygens (including phenoxy) is 3. The molecule has 1 N–H and O–H groups in total. The summed E-state index contributed by atoms with van der Waals surface area (Å²) in [5.74, 6) is 0.347. The maximum absolute atomic E-state index is 15.0. The molecule has 0 fully saturated rings. The number of hydrogen-bond donors (Lipinski definition) is 1. The number of carboxylic acids is 1. The number of hydrogen-bond acceptors (Lipinski definition) is 6. The summed E-state index contributed by atoms with van der Waals surface area (Å²) in [7, 11) is 1.54. The van der Waals surface area contributed by atoms with E-state index in [4.69, 9.17) is 14.2 Å². The summed E-state index contributed by atoms with van der Waals surface area (Å²) in [6.07, 6.45) is 7.23. The lowest BCUT2D eigenvalue weighted by atomic mass is 9.93. The smallest absolute Gasteiger partial charge is 0.303 e. The van der Waals surface area contributed by atoms with Gasteiger partial charge in [0.05, 0.1) is 19.7 Å². The summed E-state index contributed by atoms with van der Waals surface area (Å²) >= 11 is 0. The molecule has 0 saturated heterocycles. The first kappa shape index (κ1) is 31.5. The van der Waals surface area contributed by atoms with Crippen LogP contribution in [0.5, 0.6) is 17.2 Å². The fourth-order valence-corrected chi connectivity index (χ4v) is 4.94. The summed E-state index contributed by atoms with van der Waals surface area (Å²) < 4.78 is 34.5. The van der Waals surface area contributed by atoms with Gasteiger partial charge in [-0.05, 0) is 66.3 Å². The standard InChI is InChI=1S/C34H40FN3O5/c1-4-6-7-8-16-38-21-27(36-37-38)23-43-33-17-24(12-14-30(33)31-20-28(41-3)13-15-32(31)35)22-42-29-11-9-10-26(18-29)25(5-2)19-34(39)40/h9-15,17-18,20-21,25H,4-8,16,19,22-23H2,1-3H3,(H,39,40)/t25-/m1/s1. The fraction of sp³-hybridized carbons (Fsp3) is 0.382. The van der Waals surface area contributed by atoms with E-state index < -0.39 is 11.8 Å². The molecule has 9 heteroatoms.